The lowest BCUT2D eigenvalue weighted by Gasteiger charge is -2.07. The first kappa shape index (κ1) is 13.4. The van der Waals surface area contributed by atoms with E-state index in [9.17, 15) is 14.5 Å². The molecule has 0 saturated heterocycles. The van der Waals surface area contributed by atoms with E-state index in [2.05, 4.69) is 26.2 Å². The van der Waals surface area contributed by atoms with E-state index >= 15 is 0 Å². The average Bonchev–Trinajstić information content (AvgIpc) is 2.40. The quantitative estimate of drug-likeness (QED) is 0.690. The van der Waals surface area contributed by atoms with Crippen molar-refractivity contribution in [3.05, 3.63) is 62.6 Å². The number of hydrogen-bond acceptors (Lipinski definition) is 4. The molecule has 0 fully saturated rings. The number of benzene rings is 1. The number of hydrogen-bond donors (Lipinski definition) is 1. The maximum absolute atomic E-state index is 13.3. The number of pyridine rings is 1. The van der Waals surface area contributed by atoms with Crippen LogP contribution in [0.3, 0.4) is 0 Å². The molecule has 98 valence electrons. The van der Waals surface area contributed by atoms with E-state index in [0.717, 1.165) is 11.8 Å². The molecule has 0 unspecified atom stereocenters. The number of nitro benzene ring substituents is 1. The van der Waals surface area contributed by atoms with Gasteiger partial charge in [-0.2, -0.15) is 0 Å². The van der Waals surface area contributed by atoms with Crippen LogP contribution < -0.4 is 5.32 Å². The van der Waals surface area contributed by atoms with Gasteiger partial charge in [-0.25, -0.2) is 4.39 Å². The van der Waals surface area contributed by atoms with E-state index < -0.39 is 10.7 Å². The normalized spacial score (nSPS) is 10.2. The molecule has 1 N–H and O–H groups in total. The summed E-state index contributed by atoms with van der Waals surface area (Å²) in [4.78, 5) is 14.3. The number of rotatable bonds is 4. The molecule has 0 aliphatic heterocycles. The fraction of sp³-hybridized carbons (Fsp3) is 0.0833. The molecule has 0 atom stereocenters. The Bertz CT molecular complexity index is 607. The van der Waals surface area contributed by atoms with Gasteiger partial charge < -0.3 is 5.32 Å². The van der Waals surface area contributed by atoms with Crippen LogP contribution in [-0.2, 0) is 6.54 Å². The van der Waals surface area contributed by atoms with Gasteiger partial charge in [0.25, 0.3) is 5.69 Å². The Balaban J connectivity index is 2.24. The summed E-state index contributed by atoms with van der Waals surface area (Å²) in [6.45, 7) is 0.319. The number of aromatic nitrogens is 1. The standard InChI is InChI=1S/C12H9BrFN3O2/c13-9-5-11(12(17(18)19)6-10(9)14)16-7-8-3-1-2-4-15-8/h1-6,16H,7H2. The smallest absolute Gasteiger partial charge is 0.295 e. The summed E-state index contributed by atoms with van der Waals surface area (Å²) in [5.41, 5.74) is 0.665. The van der Waals surface area contributed by atoms with E-state index in [0.29, 0.717) is 6.54 Å². The largest absolute Gasteiger partial charge is 0.374 e. The van der Waals surface area contributed by atoms with Gasteiger partial charge in [0.15, 0.2) is 0 Å². The minimum atomic E-state index is -0.671. The highest BCUT2D eigenvalue weighted by Crippen LogP contribution is 2.30. The van der Waals surface area contributed by atoms with Crippen LogP contribution in [0.25, 0.3) is 0 Å². The molecule has 5 nitrogen and oxygen atoms in total. The summed E-state index contributed by atoms with van der Waals surface area (Å²) >= 11 is 3.00. The number of nitro groups is 1. The Morgan fingerprint density at radius 2 is 2.21 bits per heavy atom. The molecule has 2 aromatic rings. The molecule has 0 bridgehead atoms. The Morgan fingerprint density at radius 3 is 2.84 bits per heavy atom. The van der Waals surface area contributed by atoms with Gasteiger partial charge in [0.05, 0.1) is 27.7 Å². The number of anilines is 1. The summed E-state index contributed by atoms with van der Waals surface area (Å²) in [5, 5.41) is 13.7. The zero-order valence-electron chi connectivity index (χ0n) is 9.64. The Morgan fingerprint density at radius 1 is 1.42 bits per heavy atom. The second-order valence-corrected chi connectivity index (χ2v) is 4.57. The van der Waals surface area contributed by atoms with Crippen LogP contribution in [0.5, 0.6) is 0 Å². The topological polar surface area (TPSA) is 68.1 Å². The molecule has 0 saturated carbocycles. The number of nitrogens with one attached hydrogen (secondary N) is 1. The molecule has 0 amide bonds. The van der Waals surface area contributed by atoms with Crippen molar-refractivity contribution < 1.29 is 9.31 Å². The van der Waals surface area contributed by atoms with Crippen molar-refractivity contribution in [1.82, 2.24) is 4.98 Å². The highest BCUT2D eigenvalue weighted by Gasteiger charge is 2.17. The molecule has 19 heavy (non-hydrogen) atoms. The zero-order chi connectivity index (χ0) is 13.8. The van der Waals surface area contributed by atoms with Gasteiger partial charge >= 0.3 is 0 Å². The first-order valence-corrected chi connectivity index (χ1v) is 6.14. The average molecular weight is 326 g/mol. The summed E-state index contributed by atoms with van der Waals surface area (Å²) in [5.74, 6) is -0.671. The Hall–Kier alpha value is -2.02. The lowest BCUT2D eigenvalue weighted by atomic mass is 10.2. The van der Waals surface area contributed by atoms with E-state index in [-0.39, 0.29) is 15.8 Å². The third kappa shape index (κ3) is 3.25. The third-order valence-electron chi connectivity index (χ3n) is 2.42. The lowest BCUT2D eigenvalue weighted by molar-refractivity contribution is -0.384. The van der Waals surface area contributed by atoms with E-state index in [1.54, 1.807) is 18.3 Å². The maximum Gasteiger partial charge on any atom is 0.295 e. The lowest BCUT2D eigenvalue weighted by Crippen LogP contribution is -2.04. The maximum atomic E-state index is 13.3. The molecule has 0 spiro atoms. The number of halogens is 2. The van der Waals surface area contributed by atoms with E-state index in [1.165, 1.54) is 6.07 Å². The monoisotopic (exact) mass is 325 g/mol. The van der Waals surface area contributed by atoms with Crippen LogP contribution in [0.1, 0.15) is 5.69 Å². The predicted molar refractivity (Wildman–Crippen MR) is 72.3 cm³/mol. The summed E-state index contributed by atoms with van der Waals surface area (Å²) < 4.78 is 13.5. The van der Waals surface area contributed by atoms with E-state index in [4.69, 9.17) is 0 Å². The molecule has 1 aromatic carbocycles. The molecule has 0 aliphatic rings. The van der Waals surface area contributed by atoms with Gasteiger partial charge in [0.2, 0.25) is 0 Å². The SMILES string of the molecule is O=[N+]([O-])c1cc(F)c(Br)cc1NCc1ccccn1. The van der Waals surface area contributed by atoms with Crippen LogP contribution in [0.4, 0.5) is 15.8 Å². The van der Waals surface area contributed by atoms with Crippen LogP contribution in [0.15, 0.2) is 41.0 Å². The van der Waals surface area contributed by atoms with Crippen LogP contribution in [-0.4, -0.2) is 9.91 Å². The Labute approximate surface area is 116 Å². The van der Waals surface area contributed by atoms with Crippen molar-refractivity contribution in [1.29, 1.82) is 0 Å². The summed E-state index contributed by atoms with van der Waals surface area (Å²) in [6, 6.07) is 7.61. The summed E-state index contributed by atoms with van der Waals surface area (Å²) in [7, 11) is 0. The molecule has 1 heterocycles. The van der Waals surface area contributed by atoms with Crippen LogP contribution in [0.2, 0.25) is 0 Å². The van der Waals surface area contributed by atoms with Crippen molar-refractivity contribution >= 4 is 27.3 Å². The van der Waals surface area contributed by atoms with Crippen LogP contribution in [0, 0.1) is 15.9 Å². The van der Waals surface area contributed by atoms with Gasteiger partial charge in [0, 0.05) is 6.20 Å². The minimum absolute atomic E-state index is 0.168. The molecule has 0 aliphatic carbocycles. The molecule has 7 heteroatoms. The molecular weight excluding hydrogens is 317 g/mol. The summed E-state index contributed by atoms with van der Waals surface area (Å²) in [6.07, 6.45) is 1.63. The van der Waals surface area contributed by atoms with Gasteiger partial charge in [0.1, 0.15) is 11.5 Å². The van der Waals surface area contributed by atoms with Crippen molar-refractivity contribution in [2.75, 3.05) is 5.32 Å². The van der Waals surface area contributed by atoms with Crippen molar-refractivity contribution in [2.45, 2.75) is 6.54 Å². The molecule has 1 aromatic heterocycles. The van der Waals surface area contributed by atoms with Gasteiger partial charge in [-0.05, 0) is 34.1 Å². The molecule has 0 radical (unpaired) electrons. The van der Waals surface area contributed by atoms with Crippen molar-refractivity contribution in [3.8, 4) is 0 Å². The van der Waals surface area contributed by atoms with Gasteiger partial charge in [-0.3, -0.25) is 15.1 Å². The second-order valence-electron chi connectivity index (χ2n) is 3.72. The minimum Gasteiger partial charge on any atom is -0.374 e. The fourth-order valence-corrected chi connectivity index (χ4v) is 1.86. The third-order valence-corrected chi connectivity index (χ3v) is 3.03. The van der Waals surface area contributed by atoms with Crippen molar-refractivity contribution in [2.24, 2.45) is 0 Å². The highest BCUT2D eigenvalue weighted by molar-refractivity contribution is 9.10. The van der Waals surface area contributed by atoms with Crippen LogP contribution >= 0.6 is 15.9 Å². The predicted octanol–water partition coefficient (Wildman–Crippen LogP) is 3.50. The van der Waals surface area contributed by atoms with Gasteiger partial charge in [-0.15, -0.1) is 0 Å². The molecule has 2 rings (SSSR count). The first-order valence-electron chi connectivity index (χ1n) is 5.35. The van der Waals surface area contributed by atoms with E-state index in [1.807, 2.05) is 6.07 Å². The zero-order valence-corrected chi connectivity index (χ0v) is 11.2. The van der Waals surface area contributed by atoms with Crippen molar-refractivity contribution in [3.63, 3.8) is 0 Å². The second kappa shape index (κ2) is 5.75. The number of nitrogens with zero attached hydrogens (tertiary/aromatic N) is 2. The fourth-order valence-electron chi connectivity index (χ4n) is 1.52. The Kier molecular flexibility index (Phi) is 4.06. The highest BCUT2D eigenvalue weighted by atomic mass is 79.9. The van der Waals surface area contributed by atoms with Gasteiger partial charge in [-0.1, -0.05) is 6.07 Å². The molecular formula is C12H9BrFN3O2. The first-order chi connectivity index (χ1) is 9.08.